The molecule has 1 aliphatic heterocycles. The number of aromatic nitrogens is 4. The molecule has 3 rings (SSSR count). The molecule has 0 unspecified atom stereocenters. The van der Waals surface area contributed by atoms with E-state index in [4.69, 9.17) is 4.42 Å². The molecule has 2 aromatic heterocycles. The molecule has 0 spiro atoms. The van der Waals surface area contributed by atoms with Crippen molar-refractivity contribution in [1.82, 2.24) is 24.9 Å². The Hall–Kier alpha value is -2.18. The van der Waals surface area contributed by atoms with E-state index in [1.54, 1.807) is 0 Å². The molecular formula is C17H25N5O2. The van der Waals surface area contributed by atoms with Crippen molar-refractivity contribution in [2.24, 2.45) is 0 Å². The number of hydrogen-bond acceptors (Lipinski definition) is 5. The van der Waals surface area contributed by atoms with Crippen LogP contribution in [0.15, 0.2) is 10.5 Å². The molecular weight excluding hydrogens is 306 g/mol. The van der Waals surface area contributed by atoms with Crippen LogP contribution in [0.4, 0.5) is 0 Å². The molecule has 3 heterocycles. The molecule has 0 aliphatic carbocycles. The summed E-state index contributed by atoms with van der Waals surface area (Å²) in [6.07, 6.45) is 5.57. The summed E-state index contributed by atoms with van der Waals surface area (Å²) in [5.41, 5.74) is 1.75. The lowest BCUT2D eigenvalue weighted by molar-refractivity contribution is -0.131. The first kappa shape index (κ1) is 16.7. The summed E-state index contributed by atoms with van der Waals surface area (Å²) >= 11 is 0. The molecule has 2 aromatic rings. The predicted octanol–water partition coefficient (Wildman–Crippen LogP) is 2.60. The van der Waals surface area contributed by atoms with E-state index in [-0.39, 0.29) is 5.91 Å². The van der Waals surface area contributed by atoms with Crippen molar-refractivity contribution in [2.75, 3.05) is 13.1 Å². The monoisotopic (exact) mass is 331 g/mol. The smallest absolute Gasteiger partial charge is 0.265 e. The van der Waals surface area contributed by atoms with E-state index in [2.05, 4.69) is 15.3 Å². The Morgan fingerprint density at radius 1 is 1.21 bits per heavy atom. The summed E-state index contributed by atoms with van der Waals surface area (Å²) in [6, 6.07) is 1.93. The molecule has 0 atom stereocenters. The number of carbonyl (C=O) groups excluding carboxylic acids is 1. The van der Waals surface area contributed by atoms with Crippen LogP contribution in [0.5, 0.6) is 0 Å². The maximum absolute atomic E-state index is 12.3. The second kappa shape index (κ2) is 7.59. The van der Waals surface area contributed by atoms with E-state index in [9.17, 15) is 4.79 Å². The lowest BCUT2D eigenvalue weighted by Gasteiger charge is -2.19. The van der Waals surface area contributed by atoms with Crippen LogP contribution in [0.1, 0.15) is 50.6 Å². The van der Waals surface area contributed by atoms with Crippen molar-refractivity contribution in [2.45, 2.75) is 58.9 Å². The van der Waals surface area contributed by atoms with E-state index >= 15 is 0 Å². The van der Waals surface area contributed by atoms with Crippen molar-refractivity contribution in [3.8, 4) is 11.6 Å². The number of rotatable bonds is 5. The van der Waals surface area contributed by atoms with Gasteiger partial charge in [-0.2, -0.15) is 5.10 Å². The zero-order valence-corrected chi connectivity index (χ0v) is 14.5. The van der Waals surface area contributed by atoms with Crippen molar-refractivity contribution >= 4 is 5.91 Å². The molecule has 1 saturated heterocycles. The van der Waals surface area contributed by atoms with E-state index in [1.807, 2.05) is 29.5 Å². The van der Waals surface area contributed by atoms with Gasteiger partial charge in [-0.25, -0.2) is 0 Å². The first-order valence-electron chi connectivity index (χ1n) is 8.82. The number of amides is 1. The van der Waals surface area contributed by atoms with Crippen LogP contribution in [-0.2, 0) is 17.8 Å². The molecule has 7 nitrogen and oxygen atoms in total. The first-order chi connectivity index (χ1) is 11.7. The van der Waals surface area contributed by atoms with Gasteiger partial charge in [0.1, 0.15) is 5.69 Å². The Morgan fingerprint density at radius 2 is 1.96 bits per heavy atom. The first-order valence-corrected chi connectivity index (χ1v) is 8.82. The van der Waals surface area contributed by atoms with Crippen LogP contribution in [-0.4, -0.2) is 43.9 Å². The largest absolute Gasteiger partial charge is 0.419 e. The Kier molecular flexibility index (Phi) is 5.27. The van der Waals surface area contributed by atoms with Gasteiger partial charge in [0.2, 0.25) is 11.8 Å². The Balaban J connectivity index is 1.60. The fourth-order valence-corrected chi connectivity index (χ4v) is 3.11. The number of hydrogen-bond donors (Lipinski definition) is 0. The third-order valence-electron chi connectivity index (χ3n) is 4.40. The van der Waals surface area contributed by atoms with Crippen molar-refractivity contribution in [3.63, 3.8) is 0 Å². The topological polar surface area (TPSA) is 77.1 Å². The van der Waals surface area contributed by atoms with Crippen LogP contribution in [0.3, 0.4) is 0 Å². The fourth-order valence-electron chi connectivity index (χ4n) is 3.11. The standard InChI is InChI=1S/C17H25N5O2/c1-3-22-14(12-13(2)20-22)17-19-18-15(24-17)8-9-16(23)21-10-6-4-5-7-11-21/h12H,3-11H2,1-2H3. The minimum Gasteiger partial charge on any atom is -0.419 e. The molecule has 1 aliphatic rings. The summed E-state index contributed by atoms with van der Waals surface area (Å²) in [7, 11) is 0. The molecule has 0 bridgehead atoms. The van der Waals surface area contributed by atoms with Crippen molar-refractivity contribution < 1.29 is 9.21 Å². The van der Waals surface area contributed by atoms with Crippen LogP contribution >= 0.6 is 0 Å². The van der Waals surface area contributed by atoms with E-state index in [1.165, 1.54) is 12.8 Å². The average molecular weight is 331 g/mol. The maximum Gasteiger partial charge on any atom is 0.265 e. The van der Waals surface area contributed by atoms with Gasteiger partial charge in [-0.1, -0.05) is 12.8 Å². The second-order valence-corrected chi connectivity index (χ2v) is 6.28. The molecule has 130 valence electrons. The zero-order chi connectivity index (χ0) is 16.9. The average Bonchev–Trinajstić information content (AvgIpc) is 3.09. The van der Waals surface area contributed by atoms with Crippen LogP contribution in [0, 0.1) is 6.92 Å². The van der Waals surface area contributed by atoms with Gasteiger partial charge in [-0.05, 0) is 32.8 Å². The summed E-state index contributed by atoms with van der Waals surface area (Å²) in [5, 5.41) is 12.6. The Labute approximate surface area is 142 Å². The summed E-state index contributed by atoms with van der Waals surface area (Å²) in [4.78, 5) is 14.3. The lowest BCUT2D eigenvalue weighted by Crippen LogP contribution is -2.31. The molecule has 0 saturated carbocycles. The molecule has 1 amide bonds. The van der Waals surface area contributed by atoms with Gasteiger partial charge < -0.3 is 9.32 Å². The second-order valence-electron chi connectivity index (χ2n) is 6.28. The maximum atomic E-state index is 12.3. The molecule has 7 heteroatoms. The van der Waals surface area contributed by atoms with Crippen molar-refractivity contribution in [1.29, 1.82) is 0 Å². The molecule has 0 aromatic carbocycles. The van der Waals surface area contributed by atoms with Crippen LogP contribution in [0.25, 0.3) is 11.6 Å². The number of carbonyl (C=O) groups is 1. The molecule has 0 N–H and O–H groups in total. The van der Waals surface area contributed by atoms with E-state index < -0.39 is 0 Å². The van der Waals surface area contributed by atoms with Gasteiger partial charge in [0.15, 0.2) is 0 Å². The number of aryl methyl sites for hydroxylation is 3. The third kappa shape index (κ3) is 3.83. The summed E-state index contributed by atoms with van der Waals surface area (Å²) < 4.78 is 7.58. The highest BCUT2D eigenvalue weighted by molar-refractivity contribution is 5.76. The minimum absolute atomic E-state index is 0.186. The predicted molar refractivity (Wildman–Crippen MR) is 89.3 cm³/mol. The van der Waals surface area contributed by atoms with Crippen molar-refractivity contribution in [3.05, 3.63) is 17.7 Å². The van der Waals surface area contributed by atoms with Crippen LogP contribution in [0.2, 0.25) is 0 Å². The molecule has 0 radical (unpaired) electrons. The highest BCUT2D eigenvalue weighted by Gasteiger charge is 2.18. The summed E-state index contributed by atoms with van der Waals surface area (Å²) in [5.74, 6) is 1.16. The third-order valence-corrected chi connectivity index (χ3v) is 4.40. The minimum atomic E-state index is 0.186. The number of nitrogens with zero attached hydrogens (tertiary/aromatic N) is 5. The van der Waals surface area contributed by atoms with Crippen LogP contribution < -0.4 is 0 Å². The van der Waals surface area contributed by atoms with E-state index in [0.717, 1.165) is 43.9 Å². The Bertz CT molecular complexity index is 683. The highest BCUT2D eigenvalue weighted by Crippen LogP contribution is 2.20. The van der Waals surface area contributed by atoms with Gasteiger partial charge in [0.25, 0.3) is 5.89 Å². The van der Waals surface area contributed by atoms with Gasteiger partial charge in [0.05, 0.1) is 5.69 Å². The van der Waals surface area contributed by atoms with Gasteiger partial charge >= 0.3 is 0 Å². The Morgan fingerprint density at radius 3 is 2.67 bits per heavy atom. The molecule has 24 heavy (non-hydrogen) atoms. The zero-order valence-electron chi connectivity index (χ0n) is 14.5. The number of likely N-dealkylation sites (tertiary alicyclic amines) is 1. The van der Waals surface area contributed by atoms with Gasteiger partial charge in [0, 0.05) is 32.5 Å². The highest BCUT2D eigenvalue weighted by atomic mass is 16.4. The normalized spacial score (nSPS) is 15.5. The quantitative estimate of drug-likeness (QED) is 0.841. The SMILES string of the molecule is CCn1nc(C)cc1-c1nnc(CCC(=O)N2CCCCCC2)o1. The fraction of sp³-hybridized carbons (Fsp3) is 0.647. The van der Waals surface area contributed by atoms with Gasteiger partial charge in [-0.3, -0.25) is 9.48 Å². The molecule has 1 fully saturated rings. The van der Waals surface area contributed by atoms with Gasteiger partial charge in [-0.15, -0.1) is 10.2 Å². The lowest BCUT2D eigenvalue weighted by atomic mass is 10.2. The summed E-state index contributed by atoms with van der Waals surface area (Å²) in [6.45, 7) is 6.46. The van der Waals surface area contributed by atoms with E-state index in [0.29, 0.717) is 24.6 Å².